The summed E-state index contributed by atoms with van der Waals surface area (Å²) in [6.45, 7) is 6.06. The van der Waals surface area contributed by atoms with E-state index in [-0.39, 0.29) is 11.4 Å². The van der Waals surface area contributed by atoms with E-state index in [0.29, 0.717) is 5.56 Å². The quantitative estimate of drug-likeness (QED) is 0.725. The summed E-state index contributed by atoms with van der Waals surface area (Å²) in [6, 6.07) is 6.07. The van der Waals surface area contributed by atoms with Gasteiger partial charge in [-0.05, 0) is 45.0 Å². The molecule has 0 aliphatic carbocycles. The molecule has 0 bridgehead atoms. The molecule has 84 valence electrons. The van der Waals surface area contributed by atoms with Crippen molar-refractivity contribution in [3.8, 4) is 5.75 Å². The minimum absolute atomic E-state index is 0.0417. The van der Waals surface area contributed by atoms with Crippen LogP contribution in [0, 0.1) is 0 Å². The van der Waals surface area contributed by atoms with Gasteiger partial charge in [0.05, 0.1) is 5.60 Å². The summed E-state index contributed by atoms with van der Waals surface area (Å²) in [5.74, 6) is 0.181. The van der Waals surface area contributed by atoms with E-state index in [1.807, 2.05) is 20.8 Å². The van der Waals surface area contributed by atoms with Crippen LogP contribution in [0.15, 0.2) is 24.3 Å². The van der Waals surface area contributed by atoms with Crippen molar-refractivity contribution in [3.63, 3.8) is 0 Å². The number of benzene rings is 1. The van der Waals surface area contributed by atoms with E-state index in [4.69, 9.17) is 9.84 Å². The lowest BCUT2D eigenvalue weighted by atomic mass is 10.2. The fourth-order valence-corrected chi connectivity index (χ4v) is 0.553. The standard InChI is InChI=1S/C7H6O2.C5H12O/c8-5-6-1-3-7(9)4-2-6;1-5(2,3)6-4/h1-5,9H;1-4H3. The zero-order chi connectivity index (χ0) is 11.9. The van der Waals surface area contributed by atoms with E-state index < -0.39 is 0 Å². The van der Waals surface area contributed by atoms with E-state index in [2.05, 4.69) is 0 Å². The molecule has 0 aliphatic rings. The summed E-state index contributed by atoms with van der Waals surface area (Å²) in [5.41, 5.74) is 0.618. The highest BCUT2D eigenvalue weighted by Gasteiger charge is 2.03. The second-order valence-corrected chi connectivity index (χ2v) is 4.03. The minimum Gasteiger partial charge on any atom is -0.508 e. The molecule has 0 spiro atoms. The van der Waals surface area contributed by atoms with Gasteiger partial charge in [0.15, 0.2) is 0 Å². The number of aromatic hydroxyl groups is 1. The predicted molar refractivity (Wildman–Crippen MR) is 60.3 cm³/mol. The summed E-state index contributed by atoms with van der Waals surface area (Å²) in [5, 5.41) is 8.74. The van der Waals surface area contributed by atoms with Crippen LogP contribution in [0.1, 0.15) is 31.1 Å². The van der Waals surface area contributed by atoms with Crippen molar-refractivity contribution in [2.75, 3.05) is 7.11 Å². The topological polar surface area (TPSA) is 46.5 Å². The number of hydrogen-bond donors (Lipinski definition) is 1. The van der Waals surface area contributed by atoms with Gasteiger partial charge in [0.25, 0.3) is 0 Å². The number of carbonyl (C=O) groups is 1. The first-order chi connectivity index (χ1) is 6.89. The van der Waals surface area contributed by atoms with Crippen LogP contribution in [0.5, 0.6) is 5.75 Å². The molecule has 0 saturated heterocycles. The molecule has 3 nitrogen and oxygen atoms in total. The molecule has 0 saturated carbocycles. The highest BCUT2D eigenvalue weighted by molar-refractivity contribution is 5.74. The number of phenols is 1. The smallest absolute Gasteiger partial charge is 0.150 e. The van der Waals surface area contributed by atoms with Crippen molar-refractivity contribution in [2.45, 2.75) is 26.4 Å². The van der Waals surface area contributed by atoms with E-state index in [1.54, 1.807) is 19.2 Å². The number of rotatable bonds is 1. The number of methoxy groups -OCH3 is 1. The molecular formula is C12H18O3. The van der Waals surface area contributed by atoms with Gasteiger partial charge >= 0.3 is 0 Å². The Labute approximate surface area is 90.7 Å². The van der Waals surface area contributed by atoms with Crippen LogP contribution in [0.2, 0.25) is 0 Å². The normalized spacial score (nSPS) is 10.1. The second kappa shape index (κ2) is 6.19. The largest absolute Gasteiger partial charge is 0.508 e. The van der Waals surface area contributed by atoms with Crippen LogP contribution in [0.3, 0.4) is 0 Å². The monoisotopic (exact) mass is 210 g/mol. The first kappa shape index (κ1) is 13.7. The Bertz CT molecular complexity index is 283. The third-order valence-corrected chi connectivity index (χ3v) is 1.64. The van der Waals surface area contributed by atoms with E-state index in [1.165, 1.54) is 12.1 Å². The van der Waals surface area contributed by atoms with Gasteiger partial charge in [0.1, 0.15) is 12.0 Å². The molecule has 0 atom stereocenters. The lowest BCUT2D eigenvalue weighted by Crippen LogP contribution is -2.15. The van der Waals surface area contributed by atoms with Crippen molar-refractivity contribution in [2.24, 2.45) is 0 Å². The number of ether oxygens (including phenoxy) is 1. The van der Waals surface area contributed by atoms with Gasteiger partial charge in [0.2, 0.25) is 0 Å². The molecule has 0 aromatic heterocycles. The average molecular weight is 210 g/mol. The molecule has 0 radical (unpaired) electrons. The van der Waals surface area contributed by atoms with E-state index in [0.717, 1.165) is 6.29 Å². The molecule has 0 heterocycles. The van der Waals surface area contributed by atoms with Gasteiger partial charge in [-0.15, -0.1) is 0 Å². The van der Waals surface area contributed by atoms with Gasteiger partial charge in [-0.1, -0.05) is 0 Å². The van der Waals surface area contributed by atoms with E-state index >= 15 is 0 Å². The number of aldehydes is 1. The first-order valence-corrected chi connectivity index (χ1v) is 4.68. The van der Waals surface area contributed by atoms with Crippen molar-refractivity contribution < 1.29 is 14.6 Å². The molecule has 0 amide bonds. The number of phenolic OH excluding ortho intramolecular Hbond substituents is 1. The Morgan fingerprint density at radius 3 is 1.87 bits per heavy atom. The third kappa shape index (κ3) is 7.70. The van der Waals surface area contributed by atoms with Crippen molar-refractivity contribution in [1.29, 1.82) is 0 Å². The molecule has 0 fully saturated rings. The third-order valence-electron chi connectivity index (χ3n) is 1.64. The SMILES string of the molecule is COC(C)(C)C.O=Cc1ccc(O)cc1. The molecule has 0 aliphatic heterocycles. The average Bonchev–Trinajstić information content (AvgIpc) is 2.19. The molecule has 1 aromatic carbocycles. The second-order valence-electron chi connectivity index (χ2n) is 4.03. The Balaban J connectivity index is 0.000000288. The van der Waals surface area contributed by atoms with Crippen LogP contribution in [0.25, 0.3) is 0 Å². The van der Waals surface area contributed by atoms with Crippen LogP contribution < -0.4 is 0 Å². The zero-order valence-electron chi connectivity index (χ0n) is 9.65. The highest BCUT2D eigenvalue weighted by atomic mass is 16.5. The number of hydrogen-bond acceptors (Lipinski definition) is 3. The Kier molecular flexibility index (Phi) is 5.64. The van der Waals surface area contributed by atoms with Gasteiger partial charge in [-0.2, -0.15) is 0 Å². The fourth-order valence-electron chi connectivity index (χ4n) is 0.553. The van der Waals surface area contributed by atoms with Crippen LogP contribution in [-0.4, -0.2) is 24.1 Å². The summed E-state index contributed by atoms with van der Waals surface area (Å²) in [6.07, 6.45) is 0.736. The number of carbonyl (C=O) groups excluding carboxylic acids is 1. The molecule has 0 unspecified atom stereocenters. The maximum Gasteiger partial charge on any atom is 0.150 e. The highest BCUT2D eigenvalue weighted by Crippen LogP contribution is 2.07. The molecule has 3 heteroatoms. The van der Waals surface area contributed by atoms with Crippen molar-refractivity contribution in [1.82, 2.24) is 0 Å². The maximum absolute atomic E-state index is 10.0. The lowest BCUT2D eigenvalue weighted by Gasteiger charge is -2.14. The molecule has 1 aromatic rings. The summed E-state index contributed by atoms with van der Waals surface area (Å²) in [4.78, 5) is 10.0. The van der Waals surface area contributed by atoms with Crippen molar-refractivity contribution >= 4 is 6.29 Å². The fraction of sp³-hybridized carbons (Fsp3) is 0.417. The zero-order valence-corrected chi connectivity index (χ0v) is 9.65. The van der Waals surface area contributed by atoms with Crippen LogP contribution in [-0.2, 0) is 4.74 Å². The summed E-state index contributed by atoms with van der Waals surface area (Å²) < 4.78 is 4.94. The van der Waals surface area contributed by atoms with E-state index in [9.17, 15) is 4.79 Å². The molecular weight excluding hydrogens is 192 g/mol. The van der Waals surface area contributed by atoms with Crippen LogP contribution >= 0.6 is 0 Å². The first-order valence-electron chi connectivity index (χ1n) is 4.68. The van der Waals surface area contributed by atoms with Crippen molar-refractivity contribution in [3.05, 3.63) is 29.8 Å². The van der Waals surface area contributed by atoms with Crippen LogP contribution in [0.4, 0.5) is 0 Å². The van der Waals surface area contributed by atoms with Gasteiger partial charge in [-0.25, -0.2) is 0 Å². The molecule has 15 heavy (non-hydrogen) atoms. The molecule has 1 rings (SSSR count). The Morgan fingerprint density at radius 1 is 1.20 bits per heavy atom. The Morgan fingerprint density at radius 2 is 1.60 bits per heavy atom. The maximum atomic E-state index is 10.0. The molecule has 1 N–H and O–H groups in total. The van der Waals surface area contributed by atoms with Gasteiger partial charge in [-0.3, -0.25) is 4.79 Å². The summed E-state index contributed by atoms with van der Waals surface area (Å²) >= 11 is 0. The summed E-state index contributed by atoms with van der Waals surface area (Å²) in [7, 11) is 1.71. The minimum atomic E-state index is 0.0417. The predicted octanol–water partition coefficient (Wildman–Crippen LogP) is 2.64. The van der Waals surface area contributed by atoms with Gasteiger partial charge < -0.3 is 9.84 Å². The Hall–Kier alpha value is -1.35. The van der Waals surface area contributed by atoms with Gasteiger partial charge in [0, 0.05) is 12.7 Å². The lowest BCUT2D eigenvalue weighted by molar-refractivity contribution is 0.0397.